The van der Waals surface area contributed by atoms with E-state index in [1.807, 2.05) is 0 Å². The van der Waals surface area contributed by atoms with Gasteiger partial charge in [0, 0.05) is 12.0 Å². The molecule has 96 valence electrons. The molecule has 3 N–H and O–H groups in total. The maximum Gasteiger partial charge on any atom is 0.111 e. The number of nitrogens with zero attached hydrogens (tertiary/aromatic N) is 1. The smallest absolute Gasteiger partial charge is 0.111 e. The Morgan fingerprint density at radius 3 is 2.94 bits per heavy atom. The zero-order valence-electron chi connectivity index (χ0n) is 10.9. The lowest BCUT2D eigenvalue weighted by Gasteiger charge is -2.18. The maximum atomic E-state index is 6.30. The normalized spacial score (nSPS) is 25.2. The van der Waals surface area contributed by atoms with Crippen LogP contribution in [0.2, 0.25) is 0 Å². The fourth-order valence-corrected chi connectivity index (χ4v) is 2.99. The number of rotatable bonds is 1. The van der Waals surface area contributed by atoms with E-state index in [1.54, 1.807) is 0 Å². The molecule has 0 radical (unpaired) electrons. The Bertz CT molecular complexity index is 544. The van der Waals surface area contributed by atoms with Gasteiger partial charge in [0.25, 0.3) is 0 Å². The van der Waals surface area contributed by atoms with Crippen molar-refractivity contribution in [1.82, 2.24) is 9.97 Å². The molecule has 2 aromatic rings. The number of aryl methyl sites for hydroxylation is 1. The number of aromatic nitrogens is 2. The first-order valence-electron chi connectivity index (χ1n) is 6.96. The van der Waals surface area contributed by atoms with Crippen molar-refractivity contribution in [3.63, 3.8) is 0 Å². The second-order valence-corrected chi connectivity index (χ2v) is 5.55. The lowest BCUT2D eigenvalue weighted by molar-refractivity contribution is 0.488. The topological polar surface area (TPSA) is 54.7 Å². The molecule has 2 atom stereocenters. The van der Waals surface area contributed by atoms with Gasteiger partial charge in [0.2, 0.25) is 0 Å². The molecule has 1 aromatic carbocycles. The first kappa shape index (κ1) is 11.7. The van der Waals surface area contributed by atoms with E-state index in [9.17, 15) is 0 Å². The van der Waals surface area contributed by atoms with Gasteiger partial charge in [-0.3, -0.25) is 0 Å². The lowest BCUT2D eigenvalue weighted by Crippen LogP contribution is -2.27. The second-order valence-electron chi connectivity index (χ2n) is 5.55. The molecular weight excluding hydrogens is 222 g/mol. The van der Waals surface area contributed by atoms with Crippen LogP contribution in [0.15, 0.2) is 18.2 Å². The van der Waals surface area contributed by atoms with Crippen molar-refractivity contribution in [3.8, 4) is 0 Å². The van der Waals surface area contributed by atoms with Crippen LogP contribution in [0, 0.1) is 6.92 Å². The van der Waals surface area contributed by atoms with Crippen molar-refractivity contribution >= 4 is 11.0 Å². The molecule has 0 saturated heterocycles. The van der Waals surface area contributed by atoms with Crippen molar-refractivity contribution in [3.05, 3.63) is 29.6 Å². The summed E-state index contributed by atoms with van der Waals surface area (Å²) < 4.78 is 0. The SMILES string of the molecule is Cc1ccc2nc(C3CCCCCC3N)[nH]c2c1. The molecule has 0 amide bonds. The molecule has 1 heterocycles. The average Bonchev–Trinajstić information content (AvgIpc) is 2.63. The summed E-state index contributed by atoms with van der Waals surface area (Å²) in [6.45, 7) is 2.11. The number of H-pyrrole nitrogens is 1. The molecule has 3 rings (SSSR count). The maximum absolute atomic E-state index is 6.30. The molecule has 1 aromatic heterocycles. The van der Waals surface area contributed by atoms with E-state index in [4.69, 9.17) is 10.7 Å². The standard InChI is InChI=1S/C15H21N3/c1-10-7-8-13-14(9-10)18-15(17-13)11-5-3-2-4-6-12(11)16/h7-9,11-12H,2-6,16H2,1H3,(H,17,18). The second kappa shape index (κ2) is 4.73. The summed E-state index contributed by atoms with van der Waals surface area (Å²) in [5, 5.41) is 0. The molecular formula is C15H21N3. The summed E-state index contributed by atoms with van der Waals surface area (Å²) in [7, 11) is 0. The van der Waals surface area contributed by atoms with Crippen molar-refractivity contribution < 1.29 is 0 Å². The Hall–Kier alpha value is -1.35. The van der Waals surface area contributed by atoms with Crippen LogP contribution < -0.4 is 5.73 Å². The molecule has 1 fully saturated rings. The minimum absolute atomic E-state index is 0.258. The molecule has 3 nitrogen and oxygen atoms in total. The third-order valence-electron chi connectivity index (χ3n) is 4.08. The number of fused-ring (bicyclic) bond motifs is 1. The van der Waals surface area contributed by atoms with E-state index in [1.165, 1.54) is 31.2 Å². The van der Waals surface area contributed by atoms with Gasteiger partial charge < -0.3 is 10.7 Å². The molecule has 2 unspecified atom stereocenters. The summed E-state index contributed by atoms with van der Waals surface area (Å²) in [6.07, 6.45) is 6.13. The summed E-state index contributed by atoms with van der Waals surface area (Å²) in [6, 6.07) is 6.62. The molecule has 0 bridgehead atoms. The van der Waals surface area contributed by atoms with Gasteiger partial charge >= 0.3 is 0 Å². The Balaban J connectivity index is 1.97. The van der Waals surface area contributed by atoms with Crippen LogP contribution in [0.1, 0.15) is 49.4 Å². The largest absolute Gasteiger partial charge is 0.342 e. The molecule has 1 aliphatic carbocycles. The first-order chi connectivity index (χ1) is 8.74. The molecule has 3 heteroatoms. The highest BCUT2D eigenvalue weighted by Gasteiger charge is 2.24. The number of hydrogen-bond acceptors (Lipinski definition) is 2. The monoisotopic (exact) mass is 243 g/mol. The van der Waals surface area contributed by atoms with Crippen LogP contribution in [-0.2, 0) is 0 Å². The van der Waals surface area contributed by atoms with Gasteiger partial charge in [0.05, 0.1) is 11.0 Å². The molecule has 18 heavy (non-hydrogen) atoms. The van der Waals surface area contributed by atoms with Gasteiger partial charge in [0.1, 0.15) is 5.82 Å². The van der Waals surface area contributed by atoms with Gasteiger partial charge in [-0.15, -0.1) is 0 Å². The number of hydrogen-bond donors (Lipinski definition) is 2. The van der Waals surface area contributed by atoms with E-state index in [-0.39, 0.29) is 6.04 Å². The van der Waals surface area contributed by atoms with Gasteiger partial charge in [-0.25, -0.2) is 4.98 Å². The average molecular weight is 243 g/mol. The van der Waals surface area contributed by atoms with Crippen LogP contribution in [0.3, 0.4) is 0 Å². The van der Waals surface area contributed by atoms with Crippen molar-refractivity contribution in [1.29, 1.82) is 0 Å². The quantitative estimate of drug-likeness (QED) is 0.755. The highest BCUT2D eigenvalue weighted by Crippen LogP contribution is 2.30. The Morgan fingerprint density at radius 2 is 2.06 bits per heavy atom. The number of nitrogens with one attached hydrogen (secondary N) is 1. The van der Waals surface area contributed by atoms with Crippen LogP contribution >= 0.6 is 0 Å². The summed E-state index contributed by atoms with van der Waals surface area (Å²) in [5.41, 5.74) is 9.77. The lowest BCUT2D eigenvalue weighted by atomic mass is 9.95. The van der Waals surface area contributed by atoms with Crippen LogP contribution in [0.4, 0.5) is 0 Å². The van der Waals surface area contributed by atoms with Gasteiger partial charge in [0.15, 0.2) is 0 Å². The molecule has 1 aliphatic rings. The van der Waals surface area contributed by atoms with Gasteiger partial charge in [-0.2, -0.15) is 0 Å². The van der Waals surface area contributed by atoms with Crippen molar-refractivity contribution in [2.45, 2.75) is 51.0 Å². The summed E-state index contributed by atoms with van der Waals surface area (Å²) >= 11 is 0. The minimum atomic E-state index is 0.258. The van der Waals surface area contributed by atoms with Gasteiger partial charge in [-0.05, 0) is 37.5 Å². The fourth-order valence-electron chi connectivity index (χ4n) is 2.99. The van der Waals surface area contributed by atoms with Crippen LogP contribution in [0.5, 0.6) is 0 Å². The van der Waals surface area contributed by atoms with Gasteiger partial charge in [-0.1, -0.05) is 25.3 Å². The Labute approximate surface area is 108 Å². The number of benzene rings is 1. The van der Waals surface area contributed by atoms with Crippen LogP contribution in [0.25, 0.3) is 11.0 Å². The Morgan fingerprint density at radius 1 is 1.22 bits per heavy atom. The highest BCUT2D eigenvalue weighted by atomic mass is 14.9. The number of imidazole rings is 1. The zero-order chi connectivity index (χ0) is 12.5. The van der Waals surface area contributed by atoms with E-state index in [0.717, 1.165) is 23.3 Å². The van der Waals surface area contributed by atoms with E-state index in [2.05, 4.69) is 30.1 Å². The molecule has 0 spiro atoms. The van der Waals surface area contributed by atoms with Crippen LogP contribution in [-0.4, -0.2) is 16.0 Å². The van der Waals surface area contributed by atoms with Crippen molar-refractivity contribution in [2.75, 3.05) is 0 Å². The van der Waals surface area contributed by atoms with E-state index >= 15 is 0 Å². The number of aromatic amines is 1. The fraction of sp³-hybridized carbons (Fsp3) is 0.533. The first-order valence-corrected chi connectivity index (χ1v) is 6.96. The Kier molecular flexibility index (Phi) is 3.08. The predicted molar refractivity (Wildman–Crippen MR) is 74.6 cm³/mol. The molecule has 0 aliphatic heterocycles. The third kappa shape index (κ3) is 2.15. The predicted octanol–water partition coefficient (Wildman–Crippen LogP) is 3.25. The summed E-state index contributed by atoms with van der Waals surface area (Å²) in [5.74, 6) is 1.49. The molecule has 1 saturated carbocycles. The third-order valence-corrected chi connectivity index (χ3v) is 4.08. The summed E-state index contributed by atoms with van der Waals surface area (Å²) in [4.78, 5) is 8.21. The minimum Gasteiger partial charge on any atom is -0.342 e. The van der Waals surface area contributed by atoms with E-state index < -0.39 is 0 Å². The van der Waals surface area contributed by atoms with E-state index in [0.29, 0.717) is 5.92 Å². The van der Waals surface area contributed by atoms with Crippen molar-refractivity contribution in [2.24, 2.45) is 5.73 Å². The highest BCUT2D eigenvalue weighted by molar-refractivity contribution is 5.75. The number of nitrogens with two attached hydrogens (primary N) is 1. The zero-order valence-corrected chi connectivity index (χ0v) is 10.9.